The Hall–Kier alpha value is -5.85. The maximum Gasteiger partial charge on any atom is 0.319 e. The molecule has 0 radical (unpaired) electrons. The molecule has 4 amide bonds. The van der Waals surface area contributed by atoms with Crippen molar-refractivity contribution in [1.82, 2.24) is 15.7 Å². The third-order valence-corrected chi connectivity index (χ3v) is 6.15. The van der Waals surface area contributed by atoms with Crippen molar-refractivity contribution in [3.8, 4) is 17.2 Å². The highest BCUT2D eigenvalue weighted by Gasteiger charge is 2.16. The number of anilines is 3. The molecule has 1 aromatic heterocycles. The summed E-state index contributed by atoms with van der Waals surface area (Å²) in [5.74, 6) is -0.0838. The summed E-state index contributed by atoms with van der Waals surface area (Å²) in [7, 11) is 3.03. The molecule has 0 aliphatic rings. The van der Waals surface area contributed by atoms with Gasteiger partial charge in [-0.2, -0.15) is 0 Å². The second kappa shape index (κ2) is 15.4. The maximum atomic E-state index is 13.7. The van der Waals surface area contributed by atoms with Crippen molar-refractivity contribution < 1.29 is 33.0 Å². The number of benzene rings is 3. The number of methoxy groups -OCH3 is 2. The molecular formula is C31H31FN6O6. The summed E-state index contributed by atoms with van der Waals surface area (Å²) >= 11 is 0. The Balaban J connectivity index is 1.32. The van der Waals surface area contributed by atoms with E-state index >= 15 is 0 Å². The van der Waals surface area contributed by atoms with Crippen LogP contribution in [0.25, 0.3) is 0 Å². The van der Waals surface area contributed by atoms with Gasteiger partial charge in [0.15, 0.2) is 0 Å². The van der Waals surface area contributed by atoms with Gasteiger partial charge < -0.3 is 30.2 Å². The summed E-state index contributed by atoms with van der Waals surface area (Å²) in [6.07, 6.45) is 3.35. The number of urea groups is 1. The number of carbonyl (C=O) groups excluding carboxylic acids is 3. The number of nitrogens with zero attached hydrogens (tertiary/aromatic N) is 1. The number of amides is 4. The molecule has 4 rings (SSSR count). The zero-order chi connectivity index (χ0) is 31.3. The Labute approximate surface area is 252 Å². The van der Waals surface area contributed by atoms with Crippen LogP contribution < -0.4 is 41.0 Å². The highest BCUT2D eigenvalue weighted by atomic mass is 19.1. The number of hydrazine groups is 1. The van der Waals surface area contributed by atoms with E-state index in [4.69, 9.17) is 14.2 Å². The average molecular weight is 603 g/mol. The predicted octanol–water partition coefficient (Wildman–Crippen LogP) is 4.84. The third-order valence-electron chi connectivity index (χ3n) is 6.15. The van der Waals surface area contributed by atoms with Gasteiger partial charge in [-0.3, -0.25) is 25.4 Å². The van der Waals surface area contributed by atoms with Crippen LogP contribution in [-0.2, 0) is 0 Å². The van der Waals surface area contributed by atoms with Crippen LogP contribution in [0.4, 0.5) is 26.2 Å². The van der Waals surface area contributed by atoms with E-state index in [-0.39, 0.29) is 36.1 Å². The first-order valence-electron chi connectivity index (χ1n) is 13.4. The molecule has 0 aliphatic heterocycles. The Bertz CT molecular complexity index is 1600. The summed E-state index contributed by atoms with van der Waals surface area (Å²) in [6.45, 7) is 0.396. The molecule has 0 saturated heterocycles. The molecule has 0 bridgehead atoms. The third kappa shape index (κ3) is 8.58. The van der Waals surface area contributed by atoms with E-state index in [1.165, 1.54) is 44.8 Å². The second-order valence-corrected chi connectivity index (χ2v) is 9.11. The lowest BCUT2D eigenvalue weighted by Gasteiger charge is -2.16. The molecule has 0 atom stereocenters. The quantitative estimate of drug-likeness (QED) is 0.108. The first-order chi connectivity index (χ1) is 21.4. The van der Waals surface area contributed by atoms with Gasteiger partial charge in [0, 0.05) is 24.4 Å². The summed E-state index contributed by atoms with van der Waals surface area (Å²) in [6, 6.07) is 18.2. The van der Waals surface area contributed by atoms with Crippen LogP contribution in [0.3, 0.4) is 0 Å². The number of hydrogen-bond donors (Lipinski definition) is 5. The average Bonchev–Trinajstić information content (AvgIpc) is 3.05. The fourth-order valence-electron chi connectivity index (χ4n) is 3.85. The van der Waals surface area contributed by atoms with Crippen LogP contribution in [0, 0.1) is 5.82 Å². The number of ether oxygens (including phenoxy) is 3. The zero-order valence-electron chi connectivity index (χ0n) is 24.0. The first-order valence-corrected chi connectivity index (χ1v) is 13.4. The topological polar surface area (TPSA) is 152 Å². The van der Waals surface area contributed by atoms with Crippen molar-refractivity contribution in [3.05, 3.63) is 102 Å². The van der Waals surface area contributed by atoms with Crippen LogP contribution in [0.5, 0.6) is 17.2 Å². The molecule has 228 valence electrons. The molecule has 5 N–H and O–H groups in total. The molecule has 12 nitrogen and oxygen atoms in total. The fourth-order valence-corrected chi connectivity index (χ4v) is 3.85. The minimum Gasteiger partial charge on any atom is -0.497 e. The van der Waals surface area contributed by atoms with Gasteiger partial charge in [-0.05, 0) is 61.0 Å². The van der Waals surface area contributed by atoms with Crippen molar-refractivity contribution in [1.29, 1.82) is 0 Å². The molecule has 44 heavy (non-hydrogen) atoms. The maximum absolute atomic E-state index is 13.7. The Morgan fingerprint density at radius 3 is 2.32 bits per heavy atom. The van der Waals surface area contributed by atoms with E-state index in [1.807, 2.05) is 0 Å². The molecule has 0 spiro atoms. The van der Waals surface area contributed by atoms with Crippen molar-refractivity contribution in [2.45, 2.75) is 6.42 Å². The van der Waals surface area contributed by atoms with Crippen LogP contribution >= 0.6 is 0 Å². The number of hydrogen-bond acceptors (Lipinski definition) is 8. The number of halogens is 1. The Morgan fingerprint density at radius 2 is 1.57 bits per heavy atom. The van der Waals surface area contributed by atoms with Gasteiger partial charge in [0.25, 0.3) is 11.8 Å². The van der Waals surface area contributed by atoms with Gasteiger partial charge >= 0.3 is 6.03 Å². The lowest BCUT2D eigenvalue weighted by atomic mass is 10.2. The second-order valence-electron chi connectivity index (χ2n) is 9.11. The van der Waals surface area contributed by atoms with Crippen LogP contribution in [-0.4, -0.2) is 50.2 Å². The van der Waals surface area contributed by atoms with Gasteiger partial charge in [-0.15, -0.1) is 0 Å². The summed E-state index contributed by atoms with van der Waals surface area (Å²) in [5, 5.41) is 7.83. The van der Waals surface area contributed by atoms with E-state index < -0.39 is 17.8 Å². The molecular weight excluding hydrogens is 571 g/mol. The van der Waals surface area contributed by atoms with E-state index in [9.17, 15) is 18.8 Å². The highest BCUT2D eigenvalue weighted by molar-refractivity contribution is 6.06. The largest absolute Gasteiger partial charge is 0.497 e. The molecule has 4 aromatic rings. The van der Waals surface area contributed by atoms with E-state index in [1.54, 1.807) is 54.6 Å². The van der Waals surface area contributed by atoms with Crippen LogP contribution in [0.1, 0.15) is 27.1 Å². The fraction of sp³-hybridized carbons (Fsp3) is 0.161. The summed E-state index contributed by atoms with van der Waals surface area (Å²) in [5.41, 5.74) is 6.84. The molecule has 3 aromatic carbocycles. The lowest BCUT2D eigenvalue weighted by Crippen LogP contribution is -2.31. The first kappa shape index (κ1) is 31.1. The minimum atomic E-state index is -0.557. The summed E-state index contributed by atoms with van der Waals surface area (Å²) < 4.78 is 30.0. The monoisotopic (exact) mass is 602 g/mol. The zero-order valence-corrected chi connectivity index (χ0v) is 24.0. The lowest BCUT2D eigenvalue weighted by molar-refractivity contribution is 0.0958. The number of nitrogens with one attached hydrogen (secondary N) is 5. The molecule has 0 saturated carbocycles. The molecule has 0 aliphatic carbocycles. The Morgan fingerprint density at radius 1 is 0.818 bits per heavy atom. The van der Waals surface area contributed by atoms with Gasteiger partial charge in [-0.25, -0.2) is 9.18 Å². The van der Waals surface area contributed by atoms with Crippen LogP contribution in [0.15, 0.2) is 85.2 Å². The number of pyridine rings is 1. The van der Waals surface area contributed by atoms with Gasteiger partial charge in [0.2, 0.25) is 0 Å². The normalized spacial score (nSPS) is 10.2. The number of carbonyl (C=O) groups is 3. The summed E-state index contributed by atoms with van der Waals surface area (Å²) in [4.78, 5) is 42.0. The predicted molar refractivity (Wildman–Crippen MR) is 163 cm³/mol. The number of para-hydroxylation sites is 1. The number of rotatable bonds is 13. The van der Waals surface area contributed by atoms with E-state index in [2.05, 4.69) is 31.8 Å². The molecule has 0 fully saturated rings. The van der Waals surface area contributed by atoms with Crippen molar-refractivity contribution in [2.75, 3.05) is 43.4 Å². The Kier molecular flexibility index (Phi) is 10.9. The molecule has 1 heterocycles. The number of aromatic nitrogens is 1. The smallest absolute Gasteiger partial charge is 0.319 e. The van der Waals surface area contributed by atoms with Crippen molar-refractivity contribution in [2.24, 2.45) is 0 Å². The van der Waals surface area contributed by atoms with E-state index in [0.717, 1.165) is 0 Å². The van der Waals surface area contributed by atoms with Crippen molar-refractivity contribution >= 4 is 34.9 Å². The van der Waals surface area contributed by atoms with Gasteiger partial charge in [0.05, 0.1) is 49.6 Å². The molecule has 0 unspecified atom stereocenters. The molecule has 13 heteroatoms. The van der Waals surface area contributed by atoms with E-state index in [0.29, 0.717) is 34.9 Å². The minimum absolute atomic E-state index is 0.0698. The van der Waals surface area contributed by atoms with Gasteiger partial charge in [-0.1, -0.05) is 12.1 Å². The standard InChI is InChI=1S/C31H31FN6O6/c1-42-21-10-8-20(9-11-21)29(39)35-27-19-33-16-14-26(27)37-38-30(40)23-13-12-22(43-2)18-28(23)44-17-5-15-34-31(41)36-25-7-4-3-6-24(25)32/h3-4,6-14,16,18-19H,5,15,17H2,1-2H3,(H,33,37)(H,35,39)(H,38,40)(H2,34,36,41). The highest BCUT2D eigenvalue weighted by Crippen LogP contribution is 2.26. The van der Waals surface area contributed by atoms with Gasteiger partial charge in [0.1, 0.15) is 23.1 Å². The van der Waals surface area contributed by atoms with Crippen LogP contribution in [0.2, 0.25) is 0 Å². The van der Waals surface area contributed by atoms with Crippen molar-refractivity contribution in [3.63, 3.8) is 0 Å². The SMILES string of the molecule is COc1ccc(C(=O)Nc2cnccc2NNC(=O)c2ccc(OC)cc2OCCCNC(=O)Nc2ccccc2F)cc1.